The van der Waals surface area contributed by atoms with Gasteiger partial charge in [0.1, 0.15) is 6.07 Å². The van der Waals surface area contributed by atoms with E-state index in [0.29, 0.717) is 10.0 Å². The summed E-state index contributed by atoms with van der Waals surface area (Å²) in [6.07, 6.45) is 0. The zero-order chi connectivity index (χ0) is 12.1. The molecule has 4 nitrogen and oxygen atoms in total. The van der Waals surface area contributed by atoms with E-state index < -0.39 is 5.97 Å². The molecule has 0 aliphatic carbocycles. The van der Waals surface area contributed by atoms with Crippen molar-refractivity contribution in [1.29, 1.82) is 5.26 Å². The summed E-state index contributed by atoms with van der Waals surface area (Å²) in [5.41, 5.74) is 0.962. The van der Waals surface area contributed by atoms with Gasteiger partial charge < -0.3 is 9.84 Å². The molecule has 0 radical (unpaired) electrons. The van der Waals surface area contributed by atoms with Gasteiger partial charge in [-0.25, -0.2) is 4.79 Å². The quantitative estimate of drug-likeness (QED) is 0.862. The predicted octanol–water partition coefficient (Wildman–Crippen LogP) is 1.99. The number of carbonyl (C=O) groups excluding carboxylic acids is 1. The summed E-state index contributed by atoms with van der Waals surface area (Å²) < 4.78 is 5.41. The van der Waals surface area contributed by atoms with Crippen LogP contribution in [0.2, 0.25) is 0 Å². The molecule has 1 aromatic carbocycles. The van der Waals surface area contributed by atoms with E-state index in [4.69, 9.17) is 15.1 Å². The Bertz CT molecular complexity index is 451. The first-order valence-corrected chi connectivity index (χ1v) is 5.43. The smallest absolute Gasteiger partial charge is 0.339 e. The van der Waals surface area contributed by atoms with E-state index in [1.54, 1.807) is 6.92 Å². The Morgan fingerprint density at radius 3 is 2.81 bits per heavy atom. The van der Waals surface area contributed by atoms with Crippen molar-refractivity contribution < 1.29 is 14.6 Å². The number of hydrogen-bond acceptors (Lipinski definition) is 4. The van der Waals surface area contributed by atoms with Crippen molar-refractivity contribution in [3.05, 3.63) is 33.3 Å². The van der Waals surface area contributed by atoms with Gasteiger partial charge >= 0.3 is 5.97 Å². The highest BCUT2D eigenvalue weighted by molar-refractivity contribution is 9.10. The fourth-order valence-corrected chi connectivity index (χ4v) is 1.68. The molecule has 0 unspecified atom stereocenters. The van der Waals surface area contributed by atoms with Gasteiger partial charge in [0.2, 0.25) is 0 Å². The van der Waals surface area contributed by atoms with Crippen molar-refractivity contribution in [3.8, 4) is 6.07 Å². The lowest BCUT2D eigenvalue weighted by Gasteiger charge is -2.07. The zero-order valence-corrected chi connectivity index (χ0v) is 10.2. The molecule has 0 aromatic heterocycles. The number of aliphatic hydroxyl groups excluding tert-OH is 1. The molecule has 5 heteroatoms. The van der Waals surface area contributed by atoms with E-state index in [0.717, 1.165) is 0 Å². The van der Waals surface area contributed by atoms with Crippen molar-refractivity contribution in [3.63, 3.8) is 0 Å². The summed E-state index contributed by atoms with van der Waals surface area (Å²) in [6, 6.07) is 4.86. The number of benzene rings is 1. The third-order valence-electron chi connectivity index (χ3n) is 1.97. The molecule has 16 heavy (non-hydrogen) atoms. The van der Waals surface area contributed by atoms with Gasteiger partial charge in [0.25, 0.3) is 0 Å². The Morgan fingerprint density at radius 2 is 2.31 bits per heavy atom. The summed E-state index contributed by atoms with van der Waals surface area (Å²) in [6.45, 7) is 1.75. The van der Waals surface area contributed by atoms with Crippen molar-refractivity contribution >= 4 is 21.9 Å². The summed E-state index contributed by atoms with van der Waals surface area (Å²) in [5.74, 6) is -0.538. The summed E-state index contributed by atoms with van der Waals surface area (Å²) >= 11 is 3.21. The van der Waals surface area contributed by atoms with Crippen molar-refractivity contribution in [2.45, 2.75) is 13.5 Å². The second kappa shape index (κ2) is 5.64. The average Bonchev–Trinajstić information content (AvgIpc) is 2.29. The van der Waals surface area contributed by atoms with Crippen molar-refractivity contribution in [1.82, 2.24) is 0 Å². The maximum absolute atomic E-state index is 11.5. The molecule has 0 amide bonds. The molecule has 0 saturated heterocycles. The molecule has 0 heterocycles. The van der Waals surface area contributed by atoms with Gasteiger partial charge in [0.05, 0.1) is 24.3 Å². The monoisotopic (exact) mass is 283 g/mol. The van der Waals surface area contributed by atoms with Crippen LogP contribution in [0.15, 0.2) is 16.6 Å². The molecule has 0 bridgehead atoms. The number of hydrogen-bond donors (Lipinski definition) is 1. The highest BCUT2D eigenvalue weighted by Gasteiger charge is 2.15. The lowest BCUT2D eigenvalue weighted by Crippen LogP contribution is -2.08. The number of halogens is 1. The van der Waals surface area contributed by atoms with E-state index in [1.807, 2.05) is 6.07 Å². The third-order valence-corrected chi connectivity index (χ3v) is 2.71. The Morgan fingerprint density at radius 1 is 1.62 bits per heavy atom. The number of aliphatic hydroxyl groups is 1. The molecule has 0 aliphatic heterocycles. The first kappa shape index (κ1) is 12.7. The Kier molecular flexibility index (Phi) is 4.47. The first-order valence-electron chi connectivity index (χ1n) is 4.64. The molecule has 0 aliphatic rings. The first-order chi connectivity index (χ1) is 7.63. The fraction of sp³-hybridized carbons (Fsp3) is 0.273. The number of esters is 1. The minimum Gasteiger partial charge on any atom is -0.462 e. The molecule has 0 spiro atoms. The topological polar surface area (TPSA) is 70.3 Å². The largest absolute Gasteiger partial charge is 0.462 e. The van der Waals surface area contributed by atoms with Crippen LogP contribution in [0.3, 0.4) is 0 Å². The van der Waals surface area contributed by atoms with Crippen LogP contribution in [0.4, 0.5) is 0 Å². The fourth-order valence-electron chi connectivity index (χ4n) is 1.21. The second-order valence-electron chi connectivity index (χ2n) is 2.98. The van der Waals surface area contributed by atoms with Gasteiger partial charge in [-0.2, -0.15) is 5.26 Å². The zero-order valence-electron chi connectivity index (χ0n) is 8.66. The van der Waals surface area contributed by atoms with E-state index in [1.165, 1.54) is 12.1 Å². The molecule has 0 saturated carbocycles. The average molecular weight is 284 g/mol. The van der Waals surface area contributed by atoms with Crippen molar-refractivity contribution in [2.24, 2.45) is 0 Å². The van der Waals surface area contributed by atoms with Gasteiger partial charge in [-0.1, -0.05) is 15.9 Å². The van der Waals surface area contributed by atoms with E-state index >= 15 is 0 Å². The van der Waals surface area contributed by atoms with Crippen LogP contribution in [0.1, 0.15) is 28.4 Å². The summed E-state index contributed by atoms with van der Waals surface area (Å²) in [5, 5.41) is 17.9. The number of rotatable bonds is 3. The van der Waals surface area contributed by atoms with Crippen LogP contribution in [0, 0.1) is 11.3 Å². The van der Waals surface area contributed by atoms with Crippen LogP contribution in [-0.4, -0.2) is 17.7 Å². The van der Waals surface area contributed by atoms with Gasteiger partial charge in [-0.15, -0.1) is 0 Å². The molecular formula is C11H10BrNO3. The van der Waals surface area contributed by atoms with E-state index in [9.17, 15) is 4.79 Å². The second-order valence-corrected chi connectivity index (χ2v) is 3.83. The number of ether oxygens (including phenoxy) is 1. The SMILES string of the molecule is CCOC(=O)c1cc(Br)c(CO)cc1C#N. The Hall–Kier alpha value is -1.38. The molecule has 1 rings (SSSR count). The molecule has 1 N–H and O–H groups in total. The lowest BCUT2D eigenvalue weighted by atomic mass is 10.1. The summed E-state index contributed by atoms with van der Waals surface area (Å²) in [4.78, 5) is 11.5. The minimum atomic E-state index is -0.538. The van der Waals surface area contributed by atoms with Gasteiger partial charge in [-0.3, -0.25) is 0 Å². The Balaban J connectivity index is 3.24. The minimum absolute atomic E-state index is 0.196. The number of nitriles is 1. The molecule has 84 valence electrons. The van der Waals surface area contributed by atoms with E-state index in [-0.39, 0.29) is 24.3 Å². The van der Waals surface area contributed by atoms with Crippen LogP contribution < -0.4 is 0 Å². The van der Waals surface area contributed by atoms with Crippen molar-refractivity contribution in [2.75, 3.05) is 6.61 Å². The number of nitrogens with zero attached hydrogens (tertiary/aromatic N) is 1. The maximum Gasteiger partial charge on any atom is 0.339 e. The van der Waals surface area contributed by atoms with E-state index in [2.05, 4.69) is 15.9 Å². The predicted molar refractivity (Wildman–Crippen MR) is 60.7 cm³/mol. The molecular weight excluding hydrogens is 274 g/mol. The van der Waals surface area contributed by atoms with Crippen LogP contribution >= 0.6 is 15.9 Å². The van der Waals surface area contributed by atoms with Crippen LogP contribution in [-0.2, 0) is 11.3 Å². The maximum atomic E-state index is 11.5. The highest BCUT2D eigenvalue weighted by atomic mass is 79.9. The van der Waals surface area contributed by atoms with Gasteiger partial charge in [0, 0.05) is 4.47 Å². The normalized spacial score (nSPS) is 9.62. The molecule has 0 fully saturated rings. The Labute approximate surface area is 102 Å². The summed E-state index contributed by atoms with van der Waals surface area (Å²) in [7, 11) is 0. The highest BCUT2D eigenvalue weighted by Crippen LogP contribution is 2.22. The van der Waals surface area contributed by atoms with Gasteiger partial charge in [-0.05, 0) is 24.6 Å². The number of carbonyl (C=O) groups is 1. The standard InChI is InChI=1S/C11H10BrNO3/c1-2-16-11(15)9-4-10(12)8(6-14)3-7(9)5-13/h3-4,14H,2,6H2,1H3. The van der Waals surface area contributed by atoms with Gasteiger partial charge in [0.15, 0.2) is 0 Å². The van der Waals surface area contributed by atoms with Crippen LogP contribution in [0.25, 0.3) is 0 Å². The third kappa shape index (κ3) is 2.60. The molecule has 1 aromatic rings. The van der Waals surface area contributed by atoms with Crippen LogP contribution in [0.5, 0.6) is 0 Å². The molecule has 0 atom stereocenters. The lowest BCUT2D eigenvalue weighted by molar-refractivity contribution is 0.0526.